The van der Waals surface area contributed by atoms with Crippen molar-refractivity contribution >= 4 is 17.3 Å². The zero-order chi connectivity index (χ0) is 13.2. The van der Waals surface area contributed by atoms with Crippen LogP contribution in [0.2, 0.25) is 5.02 Å². The molecule has 0 spiro atoms. The smallest absolute Gasteiger partial charge is 0.137 e. The van der Waals surface area contributed by atoms with Gasteiger partial charge in [-0.2, -0.15) is 5.26 Å². The third kappa shape index (κ3) is 2.38. The van der Waals surface area contributed by atoms with Crippen LogP contribution in [-0.4, -0.2) is 33.9 Å². The Balaban J connectivity index is 2.12. The van der Waals surface area contributed by atoms with Gasteiger partial charge < -0.3 is 14.4 Å². The van der Waals surface area contributed by atoms with Crippen molar-refractivity contribution in [3.63, 3.8) is 0 Å². The van der Waals surface area contributed by atoms with E-state index in [0.717, 1.165) is 5.69 Å². The zero-order valence-electron chi connectivity index (χ0n) is 10.4. The zero-order valence-corrected chi connectivity index (χ0v) is 11.2. The molecule has 5 heteroatoms. The van der Waals surface area contributed by atoms with Crippen molar-refractivity contribution in [3.05, 3.63) is 23.2 Å². The Morgan fingerprint density at radius 1 is 1.56 bits per heavy atom. The first kappa shape index (κ1) is 13.0. The van der Waals surface area contributed by atoms with Gasteiger partial charge in [0.25, 0.3) is 0 Å². The van der Waals surface area contributed by atoms with Gasteiger partial charge in [-0.1, -0.05) is 11.6 Å². The Morgan fingerprint density at radius 2 is 2.28 bits per heavy atom. The first-order valence-electron chi connectivity index (χ1n) is 5.64. The lowest BCUT2D eigenvalue weighted by Crippen LogP contribution is -2.49. The number of nitrogens with zero attached hydrogens (tertiary/aromatic N) is 2. The number of ether oxygens (including phenoxy) is 2. The van der Waals surface area contributed by atoms with Crippen LogP contribution in [0.5, 0.6) is 5.75 Å². The van der Waals surface area contributed by atoms with Crippen molar-refractivity contribution in [2.75, 3.05) is 38.8 Å². The quantitative estimate of drug-likeness (QED) is 0.839. The molecule has 1 heterocycles. The van der Waals surface area contributed by atoms with Crippen LogP contribution in [0.25, 0.3) is 0 Å². The molecule has 4 nitrogen and oxygen atoms in total. The summed E-state index contributed by atoms with van der Waals surface area (Å²) in [4.78, 5) is 2.01. The first-order valence-corrected chi connectivity index (χ1v) is 6.02. The summed E-state index contributed by atoms with van der Waals surface area (Å²) in [6, 6.07) is 7.92. The van der Waals surface area contributed by atoms with Crippen LogP contribution in [0, 0.1) is 16.7 Å². The summed E-state index contributed by atoms with van der Waals surface area (Å²) in [5, 5.41) is 9.73. The number of benzene rings is 1. The summed E-state index contributed by atoms with van der Waals surface area (Å²) in [6.07, 6.45) is 0. The van der Waals surface area contributed by atoms with Crippen molar-refractivity contribution in [2.45, 2.75) is 0 Å². The standard InChI is InChI=1S/C13H15ClN2O2/c1-16(7-13(6-15)8-18-9-13)10-3-4-12(17-2)11(14)5-10/h3-5H,7-9H2,1-2H3. The van der Waals surface area contributed by atoms with Gasteiger partial charge in [0, 0.05) is 19.3 Å². The van der Waals surface area contributed by atoms with E-state index in [1.54, 1.807) is 7.11 Å². The van der Waals surface area contributed by atoms with Gasteiger partial charge >= 0.3 is 0 Å². The molecule has 2 rings (SSSR count). The highest BCUT2D eigenvalue weighted by Crippen LogP contribution is 2.32. The predicted molar refractivity (Wildman–Crippen MR) is 70.1 cm³/mol. The largest absolute Gasteiger partial charge is 0.495 e. The Labute approximate surface area is 112 Å². The van der Waals surface area contributed by atoms with Crippen molar-refractivity contribution in [2.24, 2.45) is 5.41 Å². The summed E-state index contributed by atoms with van der Waals surface area (Å²) in [5.41, 5.74) is 0.573. The van der Waals surface area contributed by atoms with Gasteiger partial charge in [-0.15, -0.1) is 0 Å². The molecular formula is C13H15ClN2O2. The number of hydrogen-bond donors (Lipinski definition) is 0. The van der Waals surface area contributed by atoms with E-state index in [0.29, 0.717) is 30.5 Å². The molecule has 1 saturated heterocycles. The van der Waals surface area contributed by atoms with Crippen LogP contribution >= 0.6 is 11.6 Å². The summed E-state index contributed by atoms with van der Waals surface area (Å²) < 4.78 is 10.2. The van der Waals surface area contributed by atoms with Crippen LogP contribution < -0.4 is 9.64 Å². The molecule has 1 aliphatic rings. The summed E-state index contributed by atoms with van der Waals surface area (Å²) in [7, 11) is 3.52. The molecule has 1 aliphatic heterocycles. The molecule has 1 aromatic rings. The Kier molecular flexibility index (Phi) is 3.65. The topological polar surface area (TPSA) is 45.5 Å². The van der Waals surface area contributed by atoms with Gasteiger partial charge in [0.15, 0.2) is 0 Å². The second-order valence-electron chi connectivity index (χ2n) is 4.56. The minimum atomic E-state index is -0.388. The molecule has 0 amide bonds. The molecule has 0 aliphatic carbocycles. The fraction of sp³-hybridized carbons (Fsp3) is 0.462. The molecule has 1 fully saturated rings. The third-order valence-electron chi connectivity index (χ3n) is 3.11. The van der Waals surface area contributed by atoms with Crippen molar-refractivity contribution in [1.82, 2.24) is 0 Å². The molecule has 0 atom stereocenters. The lowest BCUT2D eigenvalue weighted by molar-refractivity contribution is -0.0716. The number of rotatable bonds is 4. The molecule has 96 valence electrons. The Hall–Kier alpha value is -1.44. The maximum absolute atomic E-state index is 9.17. The van der Waals surface area contributed by atoms with E-state index in [1.165, 1.54) is 0 Å². The van der Waals surface area contributed by atoms with Gasteiger partial charge in [0.05, 0.1) is 31.4 Å². The summed E-state index contributed by atoms with van der Waals surface area (Å²) in [6.45, 7) is 1.63. The minimum Gasteiger partial charge on any atom is -0.495 e. The van der Waals surface area contributed by atoms with Gasteiger partial charge in [0.2, 0.25) is 0 Å². The molecule has 0 bridgehead atoms. The van der Waals surface area contributed by atoms with Crippen LogP contribution in [0.4, 0.5) is 5.69 Å². The lowest BCUT2D eigenvalue weighted by Gasteiger charge is -2.38. The molecule has 1 aromatic carbocycles. The van der Waals surface area contributed by atoms with Crippen molar-refractivity contribution in [3.8, 4) is 11.8 Å². The highest BCUT2D eigenvalue weighted by Gasteiger charge is 2.40. The molecule has 0 saturated carbocycles. The molecular weight excluding hydrogens is 252 g/mol. The van der Waals surface area contributed by atoms with E-state index >= 15 is 0 Å². The van der Waals surface area contributed by atoms with Gasteiger partial charge in [-0.25, -0.2) is 0 Å². The van der Waals surface area contributed by atoms with Crippen LogP contribution in [0.1, 0.15) is 0 Å². The Morgan fingerprint density at radius 3 is 2.72 bits per heavy atom. The average Bonchev–Trinajstić information content (AvgIpc) is 2.33. The minimum absolute atomic E-state index is 0.388. The van der Waals surface area contributed by atoms with E-state index in [1.807, 2.05) is 30.1 Å². The number of halogens is 1. The van der Waals surface area contributed by atoms with Gasteiger partial charge in [0.1, 0.15) is 11.2 Å². The van der Waals surface area contributed by atoms with E-state index in [4.69, 9.17) is 26.3 Å². The highest BCUT2D eigenvalue weighted by molar-refractivity contribution is 6.32. The van der Waals surface area contributed by atoms with E-state index < -0.39 is 0 Å². The van der Waals surface area contributed by atoms with E-state index in [9.17, 15) is 0 Å². The van der Waals surface area contributed by atoms with Crippen LogP contribution in [0.3, 0.4) is 0 Å². The Bertz CT molecular complexity index is 480. The number of methoxy groups -OCH3 is 1. The SMILES string of the molecule is COc1ccc(N(C)CC2(C#N)COC2)cc1Cl. The van der Waals surface area contributed by atoms with E-state index in [2.05, 4.69) is 6.07 Å². The van der Waals surface area contributed by atoms with E-state index in [-0.39, 0.29) is 5.41 Å². The third-order valence-corrected chi connectivity index (χ3v) is 3.41. The number of nitriles is 1. The second-order valence-corrected chi connectivity index (χ2v) is 4.97. The fourth-order valence-electron chi connectivity index (χ4n) is 1.98. The summed E-state index contributed by atoms with van der Waals surface area (Å²) in [5.74, 6) is 0.649. The van der Waals surface area contributed by atoms with Crippen molar-refractivity contribution < 1.29 is 9.47 Å². The molecule has 0 radical (unpaired) electrons. The van der Waals surface area contributed by atoms with Gasteiger partial charge in [-0.3, -0.25) is 0 Å². The highest BCUT2D eigenvalue weighted by atomic mass is 35.5. The maximum atomic E-state index is 9.17. The molecule has 0 N–H and O–H groups in total. The lowest BCUT2D eigenvalue weighted by atomic mass is 9.87. The predicted octanol–water partition coefficient (Wildman–Crippen LogP) is 2.32. The summed E-state index contributed by atoms with van der Waals surface area (Å²) >= 11 is 6.09. The molecule has 18 heavy (non-hydrogen) atoms. The van der Waals surface area contributed by atoms with Gasteiger partial charge in [-0.05, 0) is 18.2 Å². The van der Waals surface area contributed by atoms with Crippen molar-refractivity contribution in [1.29, 1.82) is 5.26 Å². The average molecular weight is 267 g/mol. The number of hydrogen-bond acceptors (Lipinski definition) is 4. The molecule has 0 aromatic heterocycles. The second kappa shape index (κ2) is 5.05. The monoisotopic (exact) mass is 266 g/mol. The number of anilines is 1. The molecule has 0 unspecified atom stereocenters. The van der Waals surface area contributed by atoms with Crippen LogP contribution in [-0.2, 0) is 4.74 Å². The fourth-order valence-corrected chi connectivity index (χ4v) is 2.23. The maximum Gasteiger partial charge on any atom is 0.137 e. The normalized spacial score (nSPS) is 16.6. The van der Waals surface area contributed by atoms with Crippen LogP contribution in [0.15, 0.2) is 18.2 Å². The first-order chi connectivity index (χ1) is 8.60.